The highest BCUT2D eigenvalue weighted by Gasteiger charge is 2.39. The number of hydrogen-bond donors (Lipinski definition) is 4. The quantitative estimate of drug-likeness (QED) is 0.299. The lowest BCUT2D eigenvalue weighted by molar-refractivity contribution is -0.140. The fourth-order valence-corrected chi connectivity index (χ4v) is 6.15. The summed E-state index contributed by atoms with van der Waals surface area (Å²) in [6, 6.07) is 10.6. The van der Waals surface area contributed by atoms with Crippen molar-refractivity contribution in [3.05, 3.63) is 59.2 Å². The van der Waals surface area contributed by atoms with Crippen molar-refractivity contribution >= 4 is 41.0 Å². The minimum absolute atomic E-state index is 0.00733. The minimum atomic E-state index is -1.06. The van der Waals surface area contributed by atoms with Crippen LogP contribution in [0.4, 0.5) is 11.4 Å². The van der Waals surface area contributed by atoms with E-state index in [4.69, 9.17) is 11.1 Å². The van der Waals surface area contributed by atoms with Gasteiger partial charge in [0.1, 0.15) is 6.04 Å². The van der Waals surface area contributed by atoms with Gasteiger partial charge in [-0.1, -0.05) is 12.1 Å². The monoisotopic (exact) mass is 575 g/mol. The van der Waals surface area contributed by atoms with Gasteiger partial charge in [0.05, 0.1) is 12.1 Å². The zero-order valence-corrected chi connectivity index (χ0v) is 23.7. The Labute approximate surface area is 244 Å². The Morgan fingerprint density at radius 1 is 1.02 bits per heavy atom. The smallest absolute Gasteiger partial charge is 0.335 e. The normalized spacial score (nSPS) is 19.8. The van der Waals surface area contributed by atoms with Crippen LogP contribution in [0.5, 0.6) is 0 Å². The zero-order chi connectivity index (χ0) is 30.0. The highest BCUT2D eigenvalue weighted by Crippen LogP contribution is 2.38. The number of aromatic carboxylic acids is 1. The van der Waals surface area contributed by atoms with Crippen molar-refractivity contribution in [1.29, 1.82) is 5.41 Å². The molecule has 12 heteroatoms. The van der Waals surface area contributed by atoms with Crippen LogP contribution in [0.3, 0.4) is 0 Å². The number of nitrogens with zero attached hydrogens (tertiary/aromatic N) is 4. The van der Waals surface area contributed by atoms with Crippen LogP contribution >= 0.6 is 0 Å². The topological polar surface area (TPSA) is 163 Å². The first-order valence-corrected chi connectivity index (χ1v) is 14.3. The average molecular weight is 576 g/mol. The molecule has 0 saturated carbocycles. The number of piperazine rings is 1. The number of benzene rings is 2. The lowest BCUT2D eigenvalue weighted by Crippen LogP contribution is -2.50. The second-order valence-corrected chi connectivity index (χ2v) is 11.3. The molecule has 0 spiro atoms. The molecule has 3 amide bonds. The first-order valence-electron chi connectivity index (χ1n) is 14.3. The van der Waals surface area contributed by atoms with Crippen molar-refractivity contribution in [2.75, 3.05) is 56.5 Å². The highest BCUT2D eigenvalue weighted by molar-refractivity contribution is 6.00. The maximum atomic E-state index is 13.9. The summed E-state index contributed by atoms with van der Waals surface area (Å²) in [6.07, 6.45) is 2.27. The third-order valence-electron chi connectivity index (χ3n) is 8.49. The summed E-state index contributed by atoms with van der Waals surface area (Å²) in [7, 11) is 1.91. The fraction of sp³-hybridized carbons (Fsp3) is 0.433. The molecule has 5 N–H and O–H groups in total. The number of rotatable bonds is 6. The number of anilines is 2. The van der Waals surface area contributed by atoms with Gasteiger partial charge in [0.25, 0.3) is 5.91 Å². The Morgan fingerprint density at radius 3 is 2.38 bits per heavy atom. The van der Waals surface area contributed by atoms with Crippen LogP contribution in [-0.4, -0.2) is 95.8 Å². The Kier molecular flexibility index (Phi) is 8.44. The largest absolute Gasteiger partial charge is 0.478 e. The molecule has 2 saturated heterocycles. The van der Waals surface area contributed by atoms with Crippen molar-refractivity contribution in [2.45, 2.75) is 31.7 Å². The number of nitrogens with two attached hydrogens (primary N) is 1. The van der Waals surface area contributed by atoms with E-state index in [-0.39, 0.29) is 35.7 Å². The molecule has 222 valence electrons. The number of carboxylic acids is 1. The van der Waals surface area contributed by atoms with E-state index < -0.39 is 17.9 Å². The van der Waals surface area contributed by atoms with Gasteiger partial charge in [-0.25, -0.2) is 4.79 Å². The molecule has 0 radical (unpaired) electrons. The molecule has 1 atom stereocenters. The summed E-state index contributed by atoms with van der Waals surface area (Å²) in [5.41, 5.74) is 8.50. The number of likely N-dealkylation sites (tertiary alicyclic amines) is 1. The lowest BCUT2D eigenvalue weighted by Gasteiger charge is -2.40. The lowest BCUT2D eigenvalue weighted by atomic mass is 9.88. The molecular weight excluding hydrogens is 538 g/mol. The third-order valence-corrected chi connectivity index (χ3v) is 8.49. The molecule has 2 aromatic carbocycles. The first-order chi connectivity index (χ1) is 20.1. The number of carbonyl (C=O) groups excluding carboxylic acids is 3. The van der Waals surface area contributed by atoms with Gasteiger partial charge in [-0.3, -0.25) is 24.7 Å². The Bertz CT molecular complexity index is 1390. The van der Waals surface area contributed by atoms with E-state index in [1.807, 2.05) is 30.1 Å². The van der Waals surface area contributed by atoms with Crippen molar-refractivity contribution in [3.63, 3.8) is 0 Å². The molecule has 3 aliphatic rings. The van der Waals surface area contributed by atoms with Crippen molar-refractivity contribution < 1.29 is 24.3 Å². The van der Waals surface area contributed by atoms with Gasteiger partial charge >= 0.3 is 5.97 Å². The predicted octanol–water partition coefficient (Wildman–Crippen LogP) is 1.72. The van der Waals surface area contributed by atoms with E-state index in [9.17, 15) is 24.3 Å². The van der Waals surface area contributed by atoms with Crippen LogP contribution < -0.4 is 16.0 Å². The van der Waals surface area contributed by atoms with Crippen molar-refractivity contribution in [1.82, 2.24) is 14.7 Å². The van der Waals surface area contributed by atoms with Crippen molar-refractivity contribution in [2.24, 2.45) is 11.7 Å². The number of guanidine groups is 1. The maximum Gasteiger partial charge on any atom is 0.335 e. The van der Waals surface area contributed by atoms with Crippen LogP contribution in [-0.2, 0) is 20.8 Å². The molecule has 0 unspecified atom stereocenters. The van der Waals surface area contributed by atoms with E-state index in [1.54, 1.807) is 14.7 Å². The number of nitrogens with one attached hydrogen (secondary N) is 2. The number of likely N-dealkylation sites (N-methyl/N-ethyl adjacent to an activating group) is 1. The van der Waals surface area contributed by atoms with Crippen molar-refractivity contribution in [3.8, 4) is 0 Å². The van der Waals surface area contributed by atoms with Gasteiger partial charge in [0.2, 0.25) is 11.8 Å². The molecule has 5 rings (SSSR count). The zero-order valence-electron chi connectivity index (χ0n) is 23.7. The molecule has 2 aromatic rings. The summed E-state index contributed by atoms with van der Waals surface area (Å²) in [4.78, 5) is 59.1. The molecule has 42 heavy (non-hydrogen) atoms. The summed E-state index contributed by atoms with van der Waals surface area (Å²) in [6.45, 7) is 3.16. The Hall–Kier alpha value is -4.45. The van der Waals surface area contributed by atoms with Gasteiger partial charge in [-0.05, 0) is 73.7 Å². The second-order valence-electron chi connectivity index (χ2n) is 11.3. The summed E-state index contributed by atoms with van der Waals surface area (Å²) in [5, 5.41) is 19.8. The van der Waals surface area contributed by atoms with Crippen LogP contribution in [0.15, 0.2) is 42.5 Å². The summed E-state index contributed by atoms with van der Waals surface area (Å²) < 4.78 is 0. The first kappa shape index (κ1) is 29.1. The Balaban J connectivity index is 1.43. The van der Waals surface area contributed by atoms with Crippen LogP contribution in [0.25, 0.3) is 0 Å². The average Bonchev–Trinajstić information content (AvgIpc) is 2.97. The third kappa shape index (κ3) is 6.08. The molecule has 0 bridgehead atoms. The number of hydrogen-bond acceptors (Lipinski definition) is 6. The predicted molar refractivity (Wildman–Crippen MR) is 157 cm³/mol. The molecule has 12 nitrogen and oxygen atoms in total. The van der Waals surface area contributed by atoms with E-state index in [2.05, 4.69) is 5.32 Å². The maximum absolute atomic E-state index is 13.9. The van der Waals surface area contributed by atoms with Gasteiger partial charge in [-0.2, -0.15) is 0 Å². The number of fused-ring (bicyclic) bond motifs is 1. The molecule has 0 aromatic heterocycles. The molecule has 0 aliphatic carbocycles. The number of carboxylic acid groups (broad SMARTS) is 1. The second kappa shape index (κ2) is 12.2. The van der Waals surface area contributed by atoms with E-state index in [1.165, 1.54) is 24.3 Å². The molecule has 3 aliphatic heterocycles. The minimum Gasteiger partial charge on any atom is -0.478 e. The highest BCUT2D eigenvalue weighted by atomic mass is 16.4. The number of piperidine rings is 1. The SMILES string of the molecule is CN1CCN(c2cccc3c2CCN(C(=O)CC2CCN(C(=N)N)CC2)[C@@H]3C(=O)Nc2ccc(C(=O)O)cc2)C(=O)C1. The van der Waals surface area contributed by atoms with Gasteiger partial charge in [-0.15, -0.1) is 0 Å². The molecular formula is C30H37N7O5. The number of carbonyl (C=O) groups is 4. The van der Waals surface area contributed by atoms with E-state index in [0.717, 1.165) is 30.6 Å². The van der Waals surface area contributed by atoms with Crippen LogP contribution in [0.2, 0.25) is 0 Å². The van der Waals surface area contributed by atoms with Crippen LogP contribution in [0.1, 0.15) is 46.8 Å². The summed E-state index contributed by atoms with van der Waals surface area (Å²) >= 11 is 0. The van der Waals surface area contributed by atoms with Crippen LogP contribution in [0, 0.1) is 11.3 Å². The fourth-order valence-electron chi connectivity index (χ4n) is 6.15. The number of amides is 3. The van der Waals surface area contributed by atoms with Gasteiger partial charge in [0.15, 0.2) is 5.96 Å². The summed E-state index contributed by atoms with van der Waals surface area (Å²) in [5.74, 6) is -1.44. The van der Waals surface area contributed by atoms with E-state index >= 15 is 0 Å². The van der Waals surface area contributed by atoms with E-state index in [0.29, 0.717) is 50.4 Å². The van der Waals surface area contributed by atoms with Gasteiger partial charge < -0.3 is 30.9 Å². The standard InChI is InChI=1S/C30H37N7O5/c1-34-15-16-36(26(39)18-34)24-4-2-3-23-22(24)11-14-37(25(38)17-19-9-12-35(13-10-19)30(31)32)27(23)28(40)33-21-7-5-20(6-8-21)29(41)42/h2-8,19,27H,9-18H2,1H3,(H3,31,32)(H,33,40)(H,41,42)/t27-/m0/s1. The molecule has 2 fully saturated rings. The Morgan fingerprint density at radius 2 is 1.74 bits per heavy atom. The van der Waals surface area contributed by atoms with Gasteiger partial charge in [0, 0.05) is 50.5 Å². The molecule has 3 heterocycles.